The minimum atomic E-state index is -4.25. The van der Waals surface area contributed by atoms with Gasteiger partial charge in [0.25, 0.3) is 0 Å². The van der Waals surface area contributed by atoms with E-state index < -0.39 is 12.1 Å². The van der Waals surface area contributed by atoms with Crippen LogP contribution in [0, 0.1) is 11.3 Å². The summed E-state index contributed by atoms with van der Waals surface area (Å²) in [5, 5.41) is 7.11. The van der Waals surface area contributed by atoms with Crippen molar-refractivity contribution >= 4 is 69.1 Å². The highest BCUT2D eigenvalue weighted by atomic mass is 35.5. The Bertz CT molecular complexity index is 1380. The Morgan fingerprint density at radius 2 is 1.85 bits per heavy atom. The molecule has 39 heavy (non-hydrogen) atoms. The van der Waals surface area contributed by atoms with Crippen LogP contribution in [0.1, 0.15) is 45.6 Å². The van der Waals surface area contributed by atoms with Gasteiger partial charge < -0.3 is 20.1 Å². The maximum Gasteiger partial charge on any atom is 0.393 e. The van der Waals surface area contributed by atoms with Crippen molar-refractivity contribution in [3.8, 4) is 0 Å². The number of alkyl halides is 3. The molecule has 1 atom stereocenters. The number of benzene rings is 2. The summed E-state index contributed by atoms with van der Waals surface area (Å²) in [6, 6.07) is 6.85. The number of aryl methyl sites for hydroxylation is 1. The van der Waals surface area contributed by atoms with Gasteiger partial charge in [-0.15, -0.1) is 0 Å². The Balaban J connectivity index is 1.59. The predicted octanol–water partition coefficient (Wildman–Crippen LogP) is 8.11. The molecular formula is C27H31Cl3F3N5O. The van der Waals surface area contributed by atoms with Gasteiger partial charge in [-0.2, -0.15) is 13.2 Å². The number of halogens is 6. The van der Waals surface area contributed by atoms with Gasteiger partial charge in [0.1, 0.15) is 0 Å². The molecule has 1 aliphatic rings. The summed E-state index contributed by atoms with van der Waals surface area (Å²) in [4.78, 5) is 18.6. The second kappa shape index (κ2) is 11.3. The number of piperidine rings is 1. The number of nitrogens with one attached hydrogen (secondary N) is 2. The minimum Gasteiger partial charge on any atom is -0.370 e. The third-order valence-electron chi connectivity index (χ3n) is 6.75. The van der Waals surface area contributed by atoms with Crippen LogP contribution in [0.4, 0.5) is 30.5 Å². The quantitative estimate of drug-likeness (QED) is 0.298. The van der Waals surface area contributed by atoms with E-state index in [4.69, 9.17) is 34.8 Å². The number of amides is 1. The molecule has 0 spiro atoms. The third-order valence-corrected chi connectivity index (χ3v) is 7.80. The normalized spacial score (nSPS) is 16.6. The van der Waals surface area contributed by atoms with E-state index in [-0.39, 0.29) is 30.8 Å². The van der Waals surface area contributed by atoms with Crippen LogP contribution >= 0.6 is 34.8 Å². The number of aromatic nitrogens is 2. The highest BCUT2D eigenvalue weighted by Gasteiger charge is 2.42. The Morgan fingerprint density at radius 1 is 1.13 bits per heavy atom. The largest absolute Gasteiger partial charge is 0.393 e. The molecule has 1 aromatic heterocycles. The molecule has 12 heteroatoms. The van der Waals surface area contributed by atoms with Crippen LogP contribution in [-0.2, 0) is 18.4 Å². The number of hydrogen-bond acceptors (Lipinski definition) is 4. The fourth-order valence-corrected chi connectivity index (χ4v) is 5.52. The van der Waals surface area contributed by atoms with Crippen LogP contribution in [-0.4, -0.2) is 34.7 Å². The average molecular weight is 605 g/mol. The number of nitrogens with zero attached hydrogens (tertiary/aromatic N) is 3. The van der Waals surface area contributed by atoms with E-state index in [0.29, 0.717) is 68.4 Å². The predicted molar refractivity (Wildman–Crippen MR) is 152 cm³/mol. The molecule has 2 N–H and O–H groups in total. The van der Waals surface area contributed by atoms with Crippen molar-refractivity contribution in [3.05, 3.63) is 44.9 Å². The molecule has 1 amide bonds. The van der Waals surface area contributed by atoms with Crippen molar-refractivity contribution in [2.75, 3.05) is 23.3 Å². The number of rotatable bonds is 6. The second-order valence-electron chi connectivity index (χ2n) is 11.1. The third kappa shape index (κ3) is 6.87. The molecule has 0 aliphatic carbocycles. The number of imidazole rings is 1. The SMILES string of the molecule is Cn1c(Nc2c(Cl)ccc(CNC(=O)CC(C)(C)C)c2Cl)nc2cc(Cl)c(N3CCCC(C(F)(F)F)C3)cc21. The first-order valence-electron chi connectivity index (χ1n) is 12.6. The van der Waals surface area contributed by atoms with Crippen LogP contribution in [0.2, 0.25) is 15.1 Å². The van der Waals surface area contributed by atoms with Crippen molar-refractivity contribution in [1.29, 1.82) is 0 Å². The number of hydrogen-bond donors (Lipinski definition) is 2. The van der Waals surface area contributed by atoms with Crippen LogP contribution in [0.5, 0.6) is 0 Å². The summed E-state index contributed by atoms with van der Waals surface area (Å²) >= 11 is 19.7. The lowest BCUT2D eigenvalue weighted by molar-refractivity contribution is -0.176. The highest BCUT2D eigenvalue weighted by molar-refractivity contribution is 6.39. The van der Waals surface area contributed by atoms with Gasteiger partial charge in [0.2, 0.25) is 11.9 Å². The molecule has 2 heterocycles. The van der Waals surface area contributed by atoms with E-state index in [9.17, 15) is 18.0 Å². The molecule has 2 aromatic carbocycles. The molecular weight excluding hydrogens is 574 g/mol. The fourth-order valence-electron chi connectivity index (χ4n) is 4.72. The van der Waals surface area contributed by atoms with Gasteiger partial charge in [-0.1, -0.05) is 61.6 Å². The van der Waals surface area contributed by atoms with Crippen molar-refractivity contribution in [2.45, 2.75) is 52.8 Å². The Hall–Kier alpha value is -2.36. The van der Waals surface area contributed by atoms with E-state index in [1.165, 1.54) is 0 Å². The second-order valence-corrected chi connectivity index (χ2v) is 12.3. The number of fused-ring (bicyclic) bond motifs is 1. The zero-order valence-electron chi connectivity index (χ0n) is 22.1. The zero-order valence-corrected chi connectivity index (χ0v) is 24.4. The molecule has 0 radical (unpaired) electrons. The standard InChI is InChI=1S/C27H31Cl3F3N5O/c1-26(2,3)12-22(39)34-13-15-7-8-17(28)24(23(15)30)36-25-35-19-10-18(29)20(11-21(19)37(25)4)38-9-5-6-16(14-38)27(31,32)33/h7-8,10-11,16H,5-6,9,12-14H2,1-4H3,(H,34,39)(H,35,36). The maximum atomic E-state index is 13.4. The Morgan fingerprint density at radius 3 is 2.51 bits per heavy atom. The van der Waals surface area contributed by atoms with Gasteiger partial charge in [0.05, 0.1) is 43.4 Å². The summed E-state index contributed by atoms with van der Waals surface area (Å²) in [5.74, 6) is -1.05. The number of anilines is 3. The van der Waals surface area contributed by atoms with Crippen molar-refractivity contribution in [3.63, 3.8) is 0 Å². The van der Waals surface area contributed by atoms with Crippen molar-refractivity contribution in [2.24, 2.45) is 18.4 Å². The van der Waals surface area contributed by atoms with Gasteiger partial charge in [0, 0.05) is 33.1 Å². The van der Waals surface area contributed by atoms with Gasteiger partial charge >= 0.3 is 6.18 Å². The molecule has 1 aliphatic heterocycles. The monoisotopic (exact) mass is 603 g/mol. The van der Waals surface area contributed by atoms with E-state index in [1.54, 1.807) is 40.8 Å². The van der Waals surface area contributed by atoms with E-state index in [0.717, 1.165) is 0 Å². The van der Waals surface area contributed by atoms with Gasteiger partial charge in [0.15, 0.2) is 0 Å². The molecule has 1 fully saturated rings. The summed E-state index contributed by atoms with van der Waals surface area (Å²) in [7, 11) is 1.78. The molecule has 1 saturated heterocycles. The topological polar surface area (TPSA) is 62.2 Å². The number of carbonyl (C=O) groups is 1. The maximum absolute atomic E-state index is 13.4. The van der Waals surface area contributed by atoms with Crippen LogP contribution < -0.4 is 15.5 Å². The Kier molecular flexibility index (Phi) is 8.55. The summed E-state index contributed by atoms with van der Waals surface area (Å²) < 4.78 is 41.9. The van der Waals surface area contributed by atoms with E-state index in [2.05, 4.69) is 15.6 Å². The lowest BCUT2D eigenvalue weighted by Crippen LogP contribution is -2.41. The first-order valence-corrected chi connectivity index (χ1v) is 13.8. The van der Waals surface area contributed by atoms with E-state index in [1.807, 2.05) is 20.8 Å². The van der Waals surface area contributed by atoms with Crippen LogP contribution in [0.3, 0.4) is 0 Å². The molecule has 0 bridgehead atoms. The molecule has 0 saturated carbocycles. The van der Waals surface area contributed by atoms with Gasteiger partial charge in [-0.05, 0) is 42.0 Å². The molecule has 1 unspecified atom stereocenters. The lowest BCUT2D eigenvalue weighted by atomic mass is 9.92. The summed E-state index contributed by atoms with van der Waals surface area (Å²) in [5.41, 5.74) is 2.75. The lowest BCUT2D eigenvalue weighted by Gasteiger charge is -2.35. The van der Waals surface area contributed by atoms with Crippen molar-refractivity contribution in [1.82, 2.24) is 14.9 Å². The first kappa shape index (κ1) is 29.6. The summed E-state index contributed by atoms with van der Waals surface area (Å²) in [6.07, 6.45) is -3.33. The molecule has 4 rings (SSSR count). The van der Waals surface area contributed by atoms with Crippen LogP contribution in [0.25, 0.3) is 11.0 Å². The molecule has 212 valence electrons. The number of carbonyl (C=O) groups excluding carboxylic acids is 1. The molecule has 3 aromatic rings. The smallest absolute Gasteiger partial charge is 0.370 e. The van der Waals surface area contributed by atoms with E-state index >= 15 is 0 Å². The zero-order chi connectivity index (χ0) is 28.7. The summed E-state index contributed by atoms with van der Waals surface area (Å²) in [6.45, 7) is 6.55. The molecule has 6 nitrogen and oxygen atoms in total. The highest BCUT2D eigenvalue weighted by Crippen LogP contribution is 2.40. The fraction of sp³-hybridized carbons (Fsp3) is 0.481. The average Bonchev–Trinajstić information content (AvgIpc) is 3.13. The Labute approximate surface area is 240 Å². The minimum absolute atomic E-state index is 0.0821. The van der Waals surface area contributed by atoms with Gasteiger partial charge in [-0.3, -0.25) is 4.79 Å². The van der Waals surface area contributed by atoms with Crippen LogP contribution in [0.15, 0.2) is 24.3 Å². The van der Waals surface area contributed by atoms with Crippen molar-refractivity contribution < 1.29 is 18.0 Å². The van der Waals surface area contributed by atoms with Gasteiger partial charge in [-0.25, -0.2) is 4.98 Å². The first-order chi connectivity index (χ1) is 18.1.